The number of ether oxygens (including phenoxy) is 1. The van der Waals surface area contributed by atoms with Gasteiger partial charge in [-0.05, 0) is 57.5 Å². The van der Waals surface area contributed by atoms with Gasteiger partial charge in [0, 0.05) is 4.90 Å². The predicted octanol–water partition coefficient (Wildman–Crippen LogP) is 4.51. The number of carboxylic acid groups (broad SMARTS) is 1. The van der Waals surface area contributed by atoms with E-state index in [0.717, 1.165) is 10.5 Å². The van der Waals surface area contributed by atoms with Crippen LogP contribution in [-0.4, -0.2) is 36.8 Å². The molecular weight excluding hydrogens is 414 g/mol. The van der Waals surface area contributed by atoms with E-state index in [1.807, 2.05) is 31.2 Å². The van der Waals surface area contributed by atoms with Crippen molar-refractivity contribution in [2.75, 3.05) is 0 Å². The van der Waals surface area contributed by atoms with E-state index < -0.39 is 22.8 Å². The summed E-state index contributed by atoms with van der Waals surface area (Å²) in [5.74, 6) is -1.38. The molecule has 7 nitrogen and oxygen atoms in total. The van der Waals surface area contributed by atoms with Crippen molar-refractivity contribution in [2.45, 2.75) is 50.0 Å². The number of carbonyl (C=O) groups is 2. The number of benzene rings is 2. The molecule has 1 atom stereocenters. The van der Waals surface area contributed by atoms with Crippen molar-refractivity contribution in [3.63, 3.8) is 0 Å². The zero-order valence-corrected chi connectivity index (χ0v) is 18.7. The Morgan fingerprint density at radius 2 is 1.77 bits per heavy atom. The van der Waals surface area contributed by atoms with Gasteiger partial charge in [-0.25, -0.2) is 9.48 Å². The fraction of sp³-hybridized carbons (Fsp3) is 0.304. The molecule has 162 valence electrons. The number of carboxylic acids is 1. The zero-order valence-electron chi connectivity index (χ0n) is 17.9. The standard InChI is InChI=1S/C23H25N3O4S/c1-15-5-7-17(8-6-15)13-26-14-20(24-25-26)16(2)30-21(27)18-9-11-19(12-10-18)31-23(3,4)22(28)29/h5-12,14,16H,13H2,1-4H3,(H,28,29)/t16-/m0/s1. The average molecular weight is 440 g/mol. The number of aromatic nitrogens is 3. The summed E-state index contributed by atoms with van der Waals surface area (Å²) in [4.78, 5) is 24.5. The van der Waals surface area contributed by atoms with Gasteiger partial charge in [-0.15, -0.1) is 16.9 Å². The number of thioether (sulfide) groups is 1. The van der Waals surface area contributed by atoms with Crippen LogP contribution in [0.5, 0.6) is 0 Å². The summed E-state index contributed by atoms with van der Waals surface area (Å²) in [5, 5.41) is 17.5. The van der Waals surface area contributed by atoms with Gasteiger partial charge in [-0.2, -0.15) is 0 Å². The van der Waals surface area contributed by atoms with E-state index in [0.29, 0.717) is 17.8 Å². The zero-order chi connectivity index (χ0) is 22.6. The third kappa shape index (κ3) is 5.95. The van der Waals surface area contributed by atoms with E-state index in [2.05, 4.69) is 10.3 Å². The van der Waals surface area contributed by atoms with Crippen LogP contribution < -0.4 is 0 Å². The van der Waals surface area contributed by atoms with Gasteiger partial charge in [0.25, 0.3) is 0 Å². The van der Waals surface area contributed by atoms with Gasteiger partial charge in [0.15, 0.2) is 0 Å². The van der Waals surface area contributed by atoms with Crippen molar-refractivity contribution in [3.05, 3.63) is 77.1 Å². The van der Waals surface area contributed by atoms with Crippen LogP contribution in [0, 0.1) is 6.92 Å². The molecule has 0 aliphatic carbocycles. The highest BCUT2D eigenvalue weighted by Gasteiger charge is 2.28. The maximum absolute atomic E-state index is 12.5. The number of nitrogens with zero attached hydrogens (tertiary/aromatic N) is 3. The van der Waals surface area contributed by atoms with Gasteiger partial charge in [0.2, 0.25) is 0 Å². The van der Waals surface area contributed by atoms with E-state index in [-0.39, 0.29) is 0 Å². The van der Waals surface area contributed by atoms with Gasteiger partial charge in [-0.3, -0.25) is 4.79 Å². The lowest BCUT2D eigenvalue weighted by molar-refractivity contribution is -0.138. The molecule has 0 saturated heterocycles. The first-order valence-electron chi connectivity index (χ1n) is 9.83. The molecule has 2 aromatic carbocycles. The van der Waals surface area contributed by atoms with Crippen LogP contribution in [0.4, 0.5) is 0 Å². The lowest BCUT2D eigenvalue weighted by Crippen LogP contribution is -2.26. The first-order chi connectivity index (χ1) is 14.6. The topological polar surface area (TPSA) is 94.3 Å². The summed E-state index contributed by atoms with van der Waals surface area (Å²) in [6.07, 6.45) is 1.21. The van der Waals surface area contributed by atoms with E-state index >= 15 is 0 Å². The Morgan fingerprint density at radius 3 is 2.39 bits per heavy atom. The van der Waals surface area contributed by atoms with Crippen LogP contribution in [0.3, 0.4) is 0 Å². The average Bonchev–Trinajstić information content (AvgIpc) is 3.18. The lowest BCUT2D eigenvalue weighted by Gasteiger charge is -2.18. The van der Waals surface area contributed by atoms with E-state index in [4.69, 9.17) is 4.74 Å². The Morgan fingerprint density at radius 1 is 1.13 bits per heavy atom. The first-order valence-corrected chi connectivity index (χ1v) is 10.6. The third-order valence-electron chi connectivity index (χ3n) is 4.70. The van der Waals surface area contributed by atoms with Crippen LogP contribution in [0.1, 0.15) is 54.1 Å². The van der Waals surface area contributed by atoms with Crippen LogP contribution >= 0.6 is 11.8 Å². The number of esters is 1. The second-order valence-corrected chi connectivity index (χ2v) is 9.51. The van der Waals surface area contributed by atoms with Crippen molar-refractivity contribution in [3.8, 4) is 0 Å². The summed E-state index contributed by atoms with van der Waals surface area (Å²) in [5.41, 5.74) is 3.25. The summed E-state index contributed by atoms with van der Waals surface area (Å²) < 4.78 is 6.28. The van der Waals surface area contributed by atoms with Crippen LogP contribution in [0.25, 0.3) is 0 Å². The minimum absolute atomic E-state index is 0.386. The first kappa shape index (κ1) is 22.6. The molecular formula is C23H25N3O4S. The van der Waals surface area contributed by atoms with Crippen molar-refractivity contribution in [2.24, 2.45) is 0 Å². The number of rotatable bonds is 8. The highest BCUT2D eigenvalue weighted by atomic mass is 32.2. The molecule has 8 heteroatoms. The minimum atomic E-state index is -0.957. The highest BCUT2D eigenvalue weighted by Crippen LogP contribution is 2.32. The van der Waals surface area contributed by atoms with Gasteiger partial charge in [0.1, 0.15) is 16.5 Å². The molecule has 3 aromatic rings. The Bertz CT molecular complexity index is 1060. The molecule has 0 saturated carbocycles. The highest BCUT2D eigenvalue weighted by molar-refractivity contribution is 8.01. The SMILES string of the molecule is Cc1ccc(Cn2cc([C@H](C)OC(=O)c3ccc(SC(C)(C)C(=O)O)cc3)nn2)cc1. The normalized spacial score (nSPS) is 12.4. The largest absolute Gasteiger partial charge is 0.480 e. The third-order valence-corrected chi connectivity index (χ3v) is 5.89. The number of aryl methyl sites for hydroxylation is 1. The molecule has 31 heavy (non-hydrogen) atoms. The van der Waals surface area contributed by atoms with Gasteiger partial charge >= 0.3 is 11.9 Å². The van der Waals surface area contributed by atoms with E-state index in [1.165, 1.54) is 17.3 Å². The van der Waals surface area contributed by atoms with Gasteiger partial charge in [0.05, 0.1) is 18.3 Å². The second kappa shape index (κ2) is 9.34. The molecule has 0 fully saturated rings. The number of carbonyl (C=O) groups excluding carboxylic acids is 1. The summed E-state index contributed by atoms with van der Waals surface area (Å²) in [7, 11) is 0. The Hall–Kier alpha value is -3.13. The molecule has 0 aliphatic rings. The quantitative estimate of drug-likeness (QED) is 0.408. The van der Waals surface area contributed by atoms with Crippen LogP contribution in [0.15, 0.2) is 59.6 Å². The smallest absolute Gasteiger partial charge is 0.338 e. The van der Waals surface area contributed by atoms with Crippen molar-refractivity contribution in [1.82, 2.24) is 15.0 Å². The molecule has 0 aliphatic heterocycles. The molecule has 0 unspecified atom stereocenters. The molecule has 0 radical (unpaired) electrons. The Kier molecular flexibility index (Phi) is 6.80. The molecule has 0 amide bonds. The number of hydrogen-bond acceptors (Lipinski definition) is 6. The second-order valence-electron chi connectivity index (χ2n) is 7.82. The fourth-order valence-electron chi connectivity index (χ4n) is 2.74. The van der Waals surface area contributed by atoms with Crippen molar-refractivity contribution < 1.29 is 19.4 Å². The molecule has 0 spiro atoms. The Labute approximate surface area is 185 Å². The van der Waals surface area contributed by atoms with E-state index in [9.17, 15) is 14.7 Å². The Balaban J connectivity index is 1.59. The van der Waals surface area contributed by atoms with Crippen molar-refractivity contribution in [1.29, 1.82) is 0 Å². The van der Waals surface area contributed by atoms with Crippen LogP contribution in [-0.2, 0) is 16.1 Å². The summed E-state index contributed by atoms with van der Waals surface area (Å²) in [6.45, 7) is 7.64. The van der Waals surface area contributed by atoms with Crippen molar-refractivity contribution >= 4 is 23.7 Å². The molecule has 3 rings (SSSR count). The monoisotopic (exact) mass is 439 g/mol. The van der Waals surface area contributed by atoms with Gasteiger partial charge in [-0.1, -0.05) is 35.0 Å². The maximum Gasteiger partial charge on any atom is 0.338 e. The molecule has 1 aromatic heterocycles. The summed E-state index contributed by atoms with van der Waals surface area (Å²) >= 11 is 1.22. The predicted molar refractivity (Wildman–Crippen MR) is 118 cm³/mol. The number of aliphatic carboxylic acids is 1. The molecule has 1 N–H and O–H groups in total. The van der Waals surface area contributed by atoms with E-state index in [1.54, 1.807) is 55.9 Å². The van der Waals surface area contributed by atoms with Gasteiger partial charge < -0.3 is 9.84 Å². The summed E-state index contributed by atoms with van der Waals surface area (Å²) in [6, 6.07) is 14.9. The lowest BCUT2D eigenvalue weighted by atomic mass is 10.1. The number of hydrogen-bond donors (Lipinski definition) is 1. The fourth-order valence-corrected chi connectivity index (χ4v) is 3.69. The molecule has 0 bridgehead atoms. The minimum Gasteiger partial charge on any atom is -0.480 e. The maximum atomic E-state index is 12.5. The molecule has 1 heterocycles. The van der Waals surface area contributed by atoms with Crippen LogP contribution in [0.2, 0.25) is 0 Å².